The van der Waals surface area contributed by atoms with Gasteiger partial charge in [-0.1, -0.05) is 168 Å². The summed E-state index contributed by atoms with van der Waals surface area (Å²) in [5.41, 5.74) is -2.52. The van der Waals surface area contributed by atoms with E-state index in [1.54, 1.807) is 13.8 Å². The fourth-order valence-electron chi connectivity index (χ4n) is 6.16. The van der Waals surface area contributed by atoms with Crippen molar-refractivity contribution in [1.82, 2.24) is 0 Å². The first-order chi connectivity index (χ1) is 23.2. The molecule has 2 N–H and O–H groups in total. The number of unbranched alkanes of at least 4 members (excludes halogenated alkanes) is 24. The van der Waals surface area contributed by atoms with Crippen molar-refractivity contribution < 1.29 is 37.9 Å². The predicted octanol–water partition coefficient (Wildman–Crippen LogP) is 11.4. The third kappa shape index (κ3) is 24.5. The number of carbonyl (C=O) groups excluding carboxylic acids is 2. The molecular weight excluding hydrogens is 627 g/mol. The fourth-order valence-corrected chi connectivity index (χ4v) is 7.37. The van der Waals surface area contributed by atoms with Crippen molar-refractivity contribution in [2.45, 2.75) is 219 Å². The predicted molar refractivity (Wildman–Crippen MR) is 198 cm³/mol. The molecule has 0 rings (SSSR count). The Morgan fingerprint density at radius 3 is 1.17 bits per heavy atom. The van der Waals surface area contributed by atoms with Gasteiger partial charge in [0.1, 0.15) is 0 Å². The molecule has 0 aromatic carbocycles. The van der Waals surface area contributed by atoms with E-state index in [4.69, 9.17) is 13.6 Å². The van der Waals surface area contributed by atoms with Crippen LogP contribution in [0, 0.1) is 0 Å². The van der Waals surface area contributed by atoms with Crippen LogP contribution in [-0.2, 0) is 27.7 Å². The first-order valence-corrected chi connectivity index (χ1v) is 21.7. The van der Waals surface area contributed by atoms with E-state index in [0.717, 1.165) is 38.5 Å². The Balaban J connectivity index is 4.68. The monoisotopic (exact) mass is 705 g/mol. The minimum atomic E-state index is -4.07. The summed E-state index contributed by atoms with van der Waals surface area (Å²) in [5, 5.41) is 22.4. The third-order valence-corrected chi connectivity index (χ3v) is 10.9. The summed E-state index contributed by atoms with van der Waals surface area (Å²) in [7, 11) is -4.07. The van der Waals surface area contributed by atoms with Gasteiger partial charge in [0.15, 0.2) is 23.3 Å². The van der Waals surface area contributed by atoms with Crippen LogP contribution in [0.25, 0.3) is 0 Å². The summed E-state index contributed by atoms with van der Waals surface area (Å²) in [4.78, 5) is 26.3. The molecule has 0 aromatic heterocycles. The maximum absolute atomic E-state index is 13.3. The summed E-state index contributed by atoms with van der Waals surface area (Å²) in [6, 6.07) is 0. The Labute approximate surface area is 295 Å². The summed E-state index contributed by atoms with van der Waals surface area (Å²) >= 11 is 0. The van der Waals surface area contributed by atoms with Gasteiger partial charge in [0.25, 0.3) is 0 Å². The van der Waals surface area contributed by atoms with Crippen molar-refractivity contribution in [1.29, 1.82) is 0 Å². The molecule has 0 fully saturated rings. The number of ketones is 2. The quantitative estimate of drug-likeness (QED) is 0.0481. The molecule has 2 atom stereocenters. The summed E-state index contributed by atoms with van der Waals surface area (Å²) in [6.07, 6.45) is 28.4. The fraction of sp³-hybridized carbons (Fsp3) is 0.949. The van der Waals surface area contributed by atoms with Gasteiger partial charge < -0.3 is 10.2 Å². The van der Waals surface area contributed by atoms with E-state index in [1.165, 1.54) is 116 Å². The molecular formula is C39H77O8P. The van der Waals surface area contributed by atoms with Crippen LogP contribution in [-0.4, -0.2) is 53.3 Å². The van der Waals surface area contributed by atoms with Crippen LogP contribution in [0.3, 0.4) is 0 Å². The van der Waals surface area contributed by atoms with Gasteiger partial charge in [0.2, 0.25) is 0 Å². The van der Waals surface area contributed by atoms with Gasteiger partial charge in [-0.25, -0.2) is 4.57 Å². The summed E-state index contributed by atoms with van der Waals surface area (Å²) in [6.45, 7) is 6.94. The van der Waals surface area contributed by atoms with Crippen molar-refractivity contribution in [3.63, 3.8) is 0 Å². The van der Waals surface area contributed by atoms with E-state index >= 15 is 0 Å². The molecule has 0 aliphatic carbocycles. The second-order valence-electron chi connectivity index (χ2n) is 13.8. The molecule has 2 unspecified atom stereocenters. The molecule has 0 amide bonds. The lowest BCUT2D eigenvalue weighted by Gasteiger charge is -2.31. The van der Waals surface area contributed by atoms with E-state index in [0.29, 0.717) is 12.8 Å². The molecule has 0 heterocycles. The van der Waals surface area contributed by atoms with E-state index < -0.39 is 37.7 Å². The Hall–Kier alpha value is -0.630. The minimum Gasteiger partial charge on any atom is -0.382 e. The van der Waals surface area contributed by atoms with Crippen LogP contribution in [0.4, 0.5) is 0 Å². The van der Waals surface area contributed by atoms with Crippen LogP contribution in [0.5, 0.6) is 0 Å². The Morgan fingerprint density at radius 2 is 0.833 bits per heavy atom. The molecule has 0 spiro atoms. The molecule has 0 saturated heterocycles. The molecule has 0 aromatic rings. The van der Waals surface area contributed by atoms with Gasteiger partial charge in [-0.2, -0.15) is 0 Å². The zero-order valence-electron chi connectivity index (χ0n) is 31.8. The normalized spacial score (nSPS) is 13.9. The molecule has 8 nitrogen and oxygen atoms in total. The smallest absolute Gasteiger partial charge is 0.382 e. The van der Waals surface area contributed by atoms with E-state index in [9.17, 15) is 24.4 Å². The minimum absolute atomic E-state index is 0.00568. The van der Waals surface area contributed by atoms with Gasteiger partial charge >= 0.3 is 7.82 Å². The van der Waals surface area contributed by atoms with E-state index in [2.05, 4.69) is 13.8 Å². The van der Waals surface area contributed by atoms with Gasteiger partial charge in [0, 0.05) is 12.8 Å². The highest BCUT2D eigenvalue weighted by Gasteiger charge is 2.48. The standard InChI is InChI=1S/C39H77O8P/c1-5-9-11-13-15-17-19-21-23-25-27-29-31-33-36(40)38(42)39(43,35-47-48(44,45-7-3)46-8-4)37(41)34-32-30-28-26-24-22-20-18-16-14-12-10-6-2/h38,42-43H,5-35H2,1-4H3. The first kappa shape index (κ1) is 47.4. The molecule has 0 aliphatic heterocycles. The van der Waals surface area contributed by atoms with Gasteiger partial charge in [0.05, 0.1) is 19.8 Å². The SMILES string of the molecule is CCCCCCCCCCCCCCCC(=O)C(O)C(O)(COP(=O)(OCC)OCC)C(=O)CCCCCCCCCCCCCCC. The average molecular weight is 705 g/mol. The van der Waals surface area contributed by atoms with Crippen LogP contribution in [0.15, 0.2) is 0 Å². The number of Topliss-reactive ketones (excluding diaryl/α,β-unsaturated/α-hetero) is 2. The zero-order chi connectivity index (χ0) is 35.8. The molecule has 48 heavy (non-hydrogen) atoms. The highest BCUT2D eigenvalue weighted by Crippen LogP contribution is 2.50. The van der Waals surface area contributed by atoms with Crippen LogP contribution in [0.1, 0.15) is 207 Å². The van der Waals surface area contributed by atoms with E-state index in [1.807, 2.05) is 0 Å². The molecule has 286 valence electrons. The van der Waals surface area contributed by atoms with Gasteiger partial charge in [-0.3, -0.25) is 23.2 Å². The number of hydrogen-bond acceptors (Lipinski definition) is 8. The lowest BCUT2D eigenvalue weighted by molar-refractivity contribution is -0.165. The van der Waals surface area contributed by atoms with Crippen LogP contribution < -0.4 is 0 Å². The Kier molecular flexibility index (Phi) is 31.9. The lowest BCUT2D eigenvalue weighted by Crippen LogP contribution is -2.56. The topological polar surface area (TPSA) is 119 Å². The van der Waals surface area contributed by atoms with Crippen molar-refractivity contribution >= 4 is 19.4 Å². The van der Waals surface area contributed by atoms with Gasteiger partial charge in [-0.15, -0.1) is 0 Å². The number of rotatable bonds is 38. The second kappa shape index (κ2) is 32.3. The van der Waals surface area contributed by atoms with Crippen molar-refractivity contribution in [3.8, 4) is 0 Å². The van der Waals surface area contributed by atoms with Crippen LogP contribution >= 0.6 is 7.82 Å². The largest absolute Gasteiger partial charge is 0.474 e. The number of aliphatic hydroxyl groups excluding tert-OH is 1. The highest BCUT2D eigenvalue weighted by molar-refractivity contribution is 7.48. The van der Waals surface area contributed by atoms with Crippen molar-refractivity contribution in [2.75, 3.05) is 19.8 Å². The second-order valence-corrected chi connectivity index (χ2v) is 15.4. The first-order valence-electron chi connectivity index (χ1n) is 20.2. The van der Waals surface area contributed by atoms with Gasteiger partial charge in [-0.05, 0) is 26.7 Å². The van der Waals surface area contributed by atoms with Crippen molar-refractivity contribution in [2.24, 2.45) is 0 Å². The maximum Gasteiger partial charge on any atom is 0.474 e. The molecule has 9 heteroatoms. The van der Waals surface area contributed by atoms with Crippen molar-refractivity contribution in [3.05, 3.63) is 0 Å². The number of phosphoric acid groups is 1. The molecule has 0 radical (unpaired) electrons. The highest BCUT2D eigenvalue weighted by atomic mass is 31.2. The van der Waals surface area contributed by atoms with E-state index in [-0.39, 0.29) is 26.1 Å². The molecule has 0 bridgehead atoms. The number of phosphoric ester groups is 1. The Morgan fingerprint density at radius 1 is 0.521 bits per heavy atom. The zero-order valence-corrected chi connectivity index (χ0v) is 32.7. The maximum atomic E-state index is 13.3. The molecule has 0 aliphatic rings. The number of hydrogen-bond donors (Lipinski definition) is 2. The molecule has 0 saturated carbocycles. The number of carbonyl (C=O) groups is 2. The Bertz CT molecular complexity index is 797. The number of aliphatic hydroxyl groups is 2. The summed E-state index contributed by atoms with van der Waals surface area (Å²) < 4.78 is 28.5. The lowest BCUT2D eigenvalue weighted by atomic mass is 9.85. The van der Waals surface area contributed by atoms with Crippen LogP contribution in [0.2, 0.25) is 0 Å². The average Bonchev–Trinajstić information content (AvgIpc) is 3.07. The summed E-state index contributed by atoms with van der Waals surface area (Å²) in [5.74, 6) is -1.29. The third-order valence-electron chi connectivity index (χ3n) is 9.29.